The second-order valence-corrected chi connectivity index (χ2v) is 5.13. The first-order valence-corrected chi connectivity index (χ1v) is 6.36. The van der Waals surface area contributed by atoms with Crippen LogP contribution in [0.1, 0.15) is 26.2 Å². The Kier molecular flexibility index (Phi) is 3.54. The second-order valence-electron chi connectivity index (χ2n) is 5.13. The van der Waals surface area contributed by atoms with Crippen LogP contribution in [0, 0.1) is 11.8 Å². The lowest BCUT2D eigenvalue weighted by molar-refractivity contribution is -0.137. The highest BCUT2D eigenvalue weighted by Crippen LogP contribution is 2.26. The third-order valence-corrected chi connectivity index (χ3v) is 3.96. The molecule has 0 bridgehead atoms. The molecule has 0 aliphatic carbocycles. The van der Waals surface area contributed by atoms with E-state index in [9.17, 15) is 9.59 Å². The molecule has 2 rings (SSSR count). The molecule has 5 nitrogen and oxygen atoms in total. The molecule has 2 fully saturated rings. The summed E-state index contributed by atoms with van der Waals surface area (Å²) in [6.07, 6.45) is 2.04. The van der Waals surface area contributed by atoms with Crippen LogP contribution in [0.3, 0.4) is 0 Å². The summed E-state index contributed by atoms with van der Waals surface area (Å²) < 4.78 is 0. The molecule has 2 heterocycles. The number of piperidine rings is 1. The van der Waals surface area contributed by atoms with Crippen LogP contribution in [0.15, 0.2) is 0 Å². The largest absolute Gasteiger partial charge is 0.465 e. The van der Waals surface area contributed by atoms with Gasteiger partial charge in [-0.3, -0.25) is 4.79 Å². The second kappa shape index (κ2) is 4.94. The maximum atomic E-state index is 12.3. The first kappa shape index (κ1) is 12.2. The molecule has 2 aliphatic rings. The lowest BCUT2D eigenvalue weighted by Gasteiger charge is -2.36. The Labute approximate surface area is 101 Å². The van der Waals surface area contributed by atoms with Crippen molar-refractivity contribution in [1.82, 2.24) is 9.80 Å². The molecule has 2 atom stereocenters. The van der Waals surface area contributed by atoms with E-state index in [4.69, 9.17) is 5.11 Å². The van der Waals surface area contributed by atoms with Crippen LogP contribution in [-0.4, -0.2) is 53.1 Å². The van der Waals surface area contributed by atoms with Crippen molar-refractivity contribution < 1.29 is 14.7 Å². The Morgan fingerprint density at radius 2 is 1.76 bits per heavy atom. The third-order valence-electron chi connectivity index (χ3n) is 3.96. The minimum atomic E-state index is -0.906. The van der Waals surface area contributed by atoms with Crippen LogP contribution in [0.4, 0.5) is 4.79 Å². The van der Waals surface area contributed by atoms with Crippen molar-refractivity contribution in [1.29, 1.82) is 0 Å². The summed E-state index contributed by atoms with van der Waals surface area (Å²) in [5.41, 5.74) is 0. The number of hydrogen-bond donors (Lipinski definition) is 1. The molecule has 1 N–H and O–H groups in total. The smallest absolute Gasteiger partial charge is 0.407 e. The van der Waals surface area contributed by atoms with E-state index in [1.54, 1.807) is 0 Å². The van der Waals surface area contributed by atoms with Crippen LogP contribution in [-0.2, 0) is 4.79 Å². The van der Waals surface area contributed by atoms with E-state index in [-0.39, 0.29) is 11.8 Å². The fourth-order valence-electron chi connectivity index (χ4n) is 2.74. The standard InChI is InChI=1S/C12H20N2O3/c1-9-4-7-14(12(16)17)8-10(9)11(15)13-5-2-3-6-13/h9-10H,2-8H2,1H3,(H,16,17). The molecule has 0 aromatic rings. The van der Waals surface area contributed by atoms with E-state index in [0.29, 0.717) is 19.0 Å². The Balaban J connectivity index is 2.01. The number of carboxylic acid groups (broad SMARTS) is 1. The van der Waals surface area contributed by atoms with Crippen molar-refractivity contribution in [3.8, 4) is 0 Å². The summed E-state index contributed by atoms with van der Waals surface area (Å²) in [6.45, 7) is 4.66. The average Bonchev–Trinajstić information content (AvgIpc) is 2.81. The SMILES string of the molecule is CC1CCN(C(=O)O)CC1C(=O)N1CCCC1. The summed E-state index contributed by atoms with van der Waals surface area (Å²) >= 11 is 0. The van der Waals surface area contributed by atoms with E-state index >= 15 is 0 Å². The van der Waals surface area contributed by atoms with Crippen LogP contribution < -0.4 is 0 Å². The minimum absolute atomic E-state index is 0.141. The highest BCUT2D eigenvalue weighted by atomic mass is 16.4. The maximum absolute atomic E-state index is 12.3. The van der Waals surface area contributed by atoms with Gasteiger partial charge in [0.2, 0.25) is 5.91 Å². The van der Waals surface area contributed by atoms with Gasteiger partial charge < -0.3 is 14.9 Å². The first-order chi connectivity index (χ1) is 8.09. The van der Waals surface area contributed by atoms with E-state index in [0.717, 1.165) is 32.4 Å². The molecule has 2 amide bonds. The lowest BCUT2D eigenvalue weighted by atomic mass is 9.86. The summed E-state index contributed by atoms with van der Waals surface area (Å²) in [7, 11) is 0. The first-order valence-electron chi connectivity index (χ1n) is 6.36. The zero-order valence-electron chi connectivity index (χ0n) is 10.3. The normalized spacial score (nSPS) is 29.5. The highest BCUT2D eigenvalue weighted by Gasteiger charge is 2.36. The molecule has 0 spiro atoms. The number of rotatable bonds is 1. The number of amides is 2. The Bertz CT molecular complexity index is 313. The molecular weight excluding hydrogens is 220 g/mol. The van der Waals surface area contributed by atoms with E-state index in [2.05, 4.69) is 6.92 Å². The van der Waals surface area contributed by atoms with Crippen molar-refractivity contribution >= 4 is 12.0 Å². The van der Waals surface area contributed by atoms with E-state index in [1.165, 1.54) is 4.90 Å². The van der Waals surface area contributed by atoms with Crippen LogP contribution in [0.2, 0.25) is 0 Å². The van der Waals surface area contributed by atoms with Crippen LogP contribution in [0.25, 0.3) is 0 Å². The Morgan fingerprint density at radius 1 is 1.12 bits per heavy atom. The molecule has 0 aromatic carbocycles. The van der Waals surface area contributed by atoms with Crippen molar-refractivity contribution in [2.75, 3.05) is 26.2 Å². The number of hydrogen-bond acceptors (Lipinski definition) is 2. The topological polar surface area (TPSA) is 60.9 Å². The van der Waals surface area contributed by atoms with Gasteiger partial charge in [-0.15, -0.1) is 0 Å². The van der Waals surface area contributed by atoms with Gasteiger partial charge in [0.1, 0.15) is 0 Å². The van der Waals surface area contributed by atoms with Gasteiger partial charge in [0, 0.05) is 26.2 Å². The molecule has 0 radical (unpaired) electrons. The van der Waals surface area contributed by atoms with E-state index in [1.807, 2.05) is 4.90 Å². The van der Waals surface area contributed by atoms with Gasteiger partial charge in [0.05, 0.1) is 5.92 Å². The maximum Gasteiger partial charge on any atom is 0.407 e. The lowest BCUT2D eigenvalue weighted by Crippen LogP contribution is -2.49. The molecular formula is C12H20N2O3. The number of nitrogens with zero attached hydrogens (tertiary/aromatic N) is 2. The predicted molar refractivity (Wildman–Crippen MR) is 62.7 cm³/mol. The summed E-state index contributed by atoms with van der Waals surface area (Å²) in [5, 5.41) is 8.99. The number of likely N-dealkylation sites (tertiary alicyclic amines) is 2. The van der Waals surface area contributed by atoms with Gasteiger partial charge >= 0.3 is 6.09 Å². The van der Waals surface area contributed by atoms with Crippen molar-refractivity contribution in [3.63, 3.8) is 0 Å². The molecule has 2 aliphatic heterocycles. The molecule has 0 aromatic heterocycles. The molecule has 96 valence electrons. The average molecular weight is 240 g/mol. The quantitative estimate of drug-likeness (QED) is 0.750. The molecule has 0 saturated carbocycles. The Hall–Kier alpha value is -1.26. The van der Waals surface area contributed by atoms with Gasteiger partial charge in [-0.2, -0.15) is 0 Å². The van der Waals surface area contributed by atoms with Crippen LogP contribution >= 0.6 is 0 Å². The minimum Gasteiger partial charge on any atom is -0.465 e. The van der Waals surface area contributed by atoms with Crippen molar-refractivity contribution in [2.24, 2.45) is 11.8 Å². The summed E-state index contributed by atoms with van der Waals surface area (Å²) in [6, 6.07) is 0. The predicted octanol–water partition coefficient (Wildman–Crippen LogP) is 1.24. The third kappa shape index (κ3) is 2.53. The van der Waals surface area contributed by atoms with Crippen molar-refractivity contribution in [3.05, 3.63) is 0 Å². The van der Waals surface area contributed by atoms with Gasteiger partial charge in [-0.1, -0.05) is 6.92 Å². The van der Waals surface area contributed by atoms with Gasteiger partial charge in [-0.05, 0) is 25.2 Å². The zero-order chi connectivity index (χ0) is 12.4. The van der Waals surface area contributed by atoms with Crippen molar-refractivity contribution in [2.45, 2.75) is 26.2 Å². The fourth-order valence-corrected chi connectivity index (χ4v) is 2.74. The van der Waals surface area contributed by atoms with Crippen LogP contribution in [0.5, 0.6) is 0 Å². The molecule has 2 saturated heterocycles. The highest BCUT2D eigenvalue weighted by molar-refractivity contribution is 5.80. The molecule has 17 heavy (non-hydrogen) atoms. The summed E-state index contributed by atoms with van der Waals surface area (Å²) in [4.78, 5) is 26.5. The fraction of sp³-hybridized carbons (Fsp3) is 0.833. The zero-order valence-corrected chi connectivity index (χ0v) is 10.3. The Morgan fingerprint density at radius 3 is 2.35 bits per heavy atom. The molecule has 2 unspecified atom stereocenters. The monoisotopic (exact) mass is 240 g/mol. The van der Waals surface area contributed by atoms with Gasteiger partial charge in [0.25, 0.3) is 0 Å². The van der Waals surface area contributed by atoms with E-state index < -0.39 is 6.09 Å². The summed E-state index contributed by atoms with van der Waals surface area (Å²) in [5.74, 6) is 0.303. The van der Waals surface area contributed by atoms with Gasteiger partial charge in [-0.25, -0.2) is 4.79 Å². The number of carbonyl (C=O) groups excluding carboxylic acids is 1. The van der Waals surface area contributed by atoms with Gasteiger partial charge in [0.15, 0.2) is 0 Å². The molecule has 5 heteroatoms. The number of carbonyl (C=O) groups is 2.